The Bertz CT molecular complexity index is 603. The molecule has 3 heteroatoms. The Hall–Kier alpha value is -1.64. The molecule has 19 heavy (non-hydrogen) atoms. The SMILES string of the molecule is CC1=C2CC3(C)C(=CCC(=O)C3C)C(C)=C2OC1=O. The zero-order valence-electron chi connectivity index (χ0n) is 11.8. The number of rotatable bonds is 0. The second-order valence-electron chi connectivity index (χ2n) is 6.05. The molecule has 0 fully saturated rings. The van der Waals surface area contributed by atoms with Gasteiger partial charge in [0.25, 0.3) is 0 Å². The number of hydrogen-bond donors (Lipinski definition) is 0. The van der Waals surface area contributed by atoms with Gasteiger partial charge >= 0.3 is 5.97 Å². The number of hydrogen-bond acceptors (Lipinski definition) is 3. The van der Waals surface area contributed by atoms with Crippen LogP contribution in [0.25, 0.3) is 0 Å². The average Bonchev–Trinajstić information content (AvgIpc) is 2.64. The first kappa shape index (κ1) is 12.4. The van der Waals surface area contributed by atoms with Crippen molar-refractivity contribution in [2.24, 2.45) is 11.3 Å². The molecular formula is C16H18O3. The number of ether oxygens (including phenoxy) is 1. The maximum Gasteiger partial charge on any atom is 0.339 e. The Morgan fingerprint density at radius 3 is 2.63 bits per heavy atom. The van der Waals surface area contributed by atoms with Crippen molar-refractivity contribution >= 4 is 11.8 Å². The van der Waals surface area contributed by atoms with Crippen LogP contribution in [0.5, 0.6) is 0 Å². The lowest BCUT2D eigenvalue weighted by Gasteiger charge is -2.44. The molecule has 2 unspecified atom stereocenters. The predicted molar refractivity (Wildman–Crippen MR) is 71.1 cm³/mol. The first-order chi connectivity index (χ1) is 8.86. The quantitative estimate of drug-likeness (QED) is 0.627. The van der Waals surface area contributed by atoms with Crippen LogP contribution in [0.15, 0.2) is 34.1 Å². The van der Waals surface area contributed by atoms with E-state index >= 15 is 0 Å². The zero-order valence-corrected chi connectivity index (χ0v) is 11.8. The maximum absolute atomic E-state index is 12.0. The summed E-state index contributed by atoms with van der Waals surface area (Å²) >= 11 is 0. The standard InChI is InChI=1S/C16H18O3/c1-8-11-7-16(4)10(3)13(17)6-5-12(16)9(2)14(11)19-15(8)18/h5,10H,6-7H2,1-4H3. The number of carbonyl (C=O) groups excluding carboxylic acids is 2. The van der Waals surface area contributed by atoms with Gasteiger partial charge in [-0.15, -0.1) is 0 Å². The summed E-state index contributed by atoms with van der Waals surface area (Å²) in [6.45, 7) is 7.93. The van der Waals surface area contributed by atoms with E-state index in [4.69, 9.17) is 4.74 Å². The minimum absolute atomic E-state index is 0.0139. The fourth-order valence-electron chi connectivity index (χ4n) is 3.56. The van der Waals surface area contributed by atoms with E-state index in [0.29, 0.717) is 12.0 Å². The van der Waals surface area contributed by atoms with Gasteiger partial charge in [0.15, 0.2) is 0 Å². The summed E-state index contributed by atoms with van der Waals surface area (Å²) in [5.41, 5.74) is 3.69. The lowest BCUT2D eigenvalue weighted by Crippen LogP contribution is -2.39. The predicted octanol–water partition coefficient (Wildman–Crippen LogP) is 3.08. The van der Waals surface area contributed by atoms with E-state index < -0.39 is 0 Å². The fraction of sp³-hybridized carbons (Fsp3) is 0.500. The second-order valence-corrected chi connectivity index (χ2v) is 6.05. The van der Waals surface area contributed by atoms with Crippen LogP contribution >= 0.6 is 0 Å². The highest BCUT2D eigenvalue weighted by atomic mass is 16.5. The van der Waals surface area contributed by atoms with Crippen LogP contribution in [0, 0.1) is 11.3 Å². The summed E-state index contributed by atoms with van der Waals surface area (Å²) in [5, 5.41) is 0. The summed E-state index contributed by atoms with van der Waals surface area (Å²) in [6, 6.07) is 0. The number of allylic oxidation sites excluding steroid dienone is 4. The van der Waals surface area contributed by atoms with Crippen molar-refractivity contribution in [2.75, 3.05) is 0 Å². The van der Waals surface area contributed by atoms with E-state index in [1.807, 2.05) is 26.8 Å². The largest absolute Gasteiger partial charge is 0.423 e. The third kappa shape index (κ3) is 1.44. The van der Waals surface area contributed by atoms with Crippen molar-refractivity contribution in [3.63, 3.8) is 0 Å². The third-order valence-corrected chi connectivity index (χ3v) is 5.08. The monoisotopic (exact) mass is 258 g/mol. The van der Waals surface area contributed by atoms with Crippen molar-refractivity contribution in [1.29, 1.82) is 0 Å². The van der Waals surface area contributed by atoms with Crippen LogP contribution in [0.3, 0.4) is 0 Å². The van der Waals surface area contributed by atoms with E-state index in [1.165, 1.54) is 5.57 Å². The normalized spacial score (nSPS) is 34.1. The molecule has 2 aliphatic carbocycles. The molecular weight excluding hydrogens is 240 g/mol. The number of esters is 1. The van der Waals surface area contributed by atoms with Gasteiger partial charge in [0.2, 0.25) is 0 Å². The van der Waals surface area contributed by atoms with Crippen molar-refractivity contribution < 1.29 is 14.3 Å². The molecule has 0 radical (unpaired) electrons. The Balaban J connectivity index is 2.24. The van der Waals surface area contributed by atoms with Gasteiger partial charge < -0.3 is 4.74 Å². The van der Waals surface area contributed by atoms with E-state index in [1.54, 1.807) is 0 Å². The number of Topliss-reactive ketones (excluding diaryl/α,β-unsaturated/α-hetero) is 1. The van der Waals surface area contributed by atoms with Gasteiger partial charge in [0.05, 0.1) is 0 Å². The van der Waals surface area contributed by atoms with Gasteiger partial charge in [-0.3, -0.25) is 4.79 Å². The van der Waals surface area contributed by atoms with Gasteiger partial charge in [0.1, 0.15) is 11.5 Å². The maximum atomic E-state index is 12.0. The van der Waals surface area contributed by atoms with E-state index in [2.05, 4.69) is 6.92 Å². The molecule has 3 aliphatic rings. The molecule has 0 aromatic heterocycles. The van der Waals surface area contributed by atoms with Gasteiger partial charge in [-0.2, -0.15) is 0 Å². The summed E-state index contributed by atoms with van der Waals surface area (Å²) < 4.78 is 5.39. The molecule has 1 aliphatic heterocycles. The van der Waals surface area contributed by atoms with Gasteiger partial charge in [-0.25, -0.2) is 4.79 Å². The summed E-state index contributed by atoms with van der Waals surface area (Å²) in [6.07, 6.45) is 3.22. The molecule has 0 aromatic carbocycles. The van der Waals surface area contributed by atoms with E-state index in [9.17, 15) is 9.59 Å². The highest BCUT2D eigenvalue weighted by molar-refractivity contribution is 5.95. The van der Waals surface area contributed by atoms with Crippen LogP contribution in [0.2, 0.25) is 0 Å². The Kier molecular flexibility index (Phi) is 2.40. The van der Waals surface area contributed by atoms with Crippen LogP contribution in [-0.2, 0) is 14.3 Å². The summed E-state index contributed by atoms with van der Waals surface area (Å²) in [4.78, 5) is 23.8. The highest BCUT2D eigenvalue weighted by Crippen LogP contribution is 2.55. The number of ketones is 1. The molecule has 0 saturated carbocycles. The Morgan fingerprint density at radius 1 is 1.26 bits per heavy atom. The molecule has 3 rings (SSSR count). The first-order valence-electron chi connectivity index (χ1n) is 6.73. The minimum atomic E-state index is -0.244. The van der Waals surface area contributed by atoms with Crippen LogP contribution < -0.4 is 0 Å². The van der Waals surface area contributed by atoms with E-state index in [-0.39, 0.29) is 23.1 Å². The van der Waals surface area contributed by atoms with Crippen molar-refractivity contribution in [1.82, 2.24) is 0 Å². The summed E-state index contributed by atoms with van der Waals surface area (Å²) in [5.74, 6) is 0.755. The van der Waals surface area contributed by atoms with Crippen molar-refractivity contribution in [3.05, 3.63) is 34.1 Å². The number of fused-ring (bicyclic) bond motifs is 2. The molecule has 100 valence electrons. The molecule has 0 N–H and O–H groups in total. The molecule has 1 heterocycles. The van der Waals surface area contributed by atoms with Gasteiger partial charge in [-0.1, -0.05) is 19.9 Å². The minimum Gasteiger partial charge on any atom is -0.423 e. The molecule has 0 amide bonds. The molecule has 0 aromatic rings. The average molecular weight is 258 g/mol. The van der Waals surface area contributed by atoms with Crippen LogP contribution in [0.1, 0.15) is 40.5 Å². The van der Waals surface area contributed by atoms with Gasteiger partial charge in [-0.05, 0) is 31.4 Å². The molecule has 3 nitrogen and oxygen atoms in total. The first-order valence-corrected chi connectivity index (χ1v) is 6.73. The van der Waals surface area contributed by atoms with Crippen LogP contribution in [-0.4, -0.2) is 11.8 Å². The third-order valence-electron chi connectivity index (χ3n) is 5.08. The van der Waals surface area contributed by atoms with Crippen molar-refractivity contribution in [3.8, 4) is 0 Å². The smallest absolute Gasteiger partial charge is 0.339 e. The second kappa shape index (κ2) is 3.69. The van der Waals surface area contributed by atoms with Gasteiger partial charge in [0, 0.05) is 28.9 Å². The Labute approximate surface area is 113 Å². The number of carbonyl (C=O) groups is 2. The molecule has 0 bridgehead atoms. The molecule has 0 spiro atoms. The lowest BCUT2D eigenvalue weighted by molar-refractivity contribution is -0.133. The zero-order chi connectivity index (χ0) is 13.9. The fourth-order valence-corrected chi connectivity index (χ4v) is 3.56. The molecule has 0 saturated heterocycles. The lowest BCUT2D eigenvalue weighted by atomic mass is 9.59. The van der Waals surface area contributed by atoms with Crippen LogP contribution in [0.4, 0.5) is 0 Å². The Morgan fingerprint density at radius 2 is 1.95 bits per heavy atom. The van der Waals surface area contributed by atoms with Crippen molar-refractivity contribution in [2.45, 2.75) is 40.5 Å². The molecule has 2 atom stereocenters. The van der Waals surface area contributed by atoms with E-state index in [0.717, 1.165) is 23.3 Å². The highest BCUT2D eigenvalue weighted by Gasteiger charge is 2.48. The summed E-state index contributed by atoms with van der Waals surface area (Å²) in [7, 11) is 0. The topological polar surface area (TPSA) is 43.4 Å².